The fourth-order valence-electron chi connectivity index (χ4n) is 2.54. The van der Waals surface area contributed by atoms with Gasteiger partial charge in [0.15, 0.2) is 0 Å². The van der Waals surface area contributed by atoms with Gasteiger partial charge in [0.05, 0.1) is 16.9 Å². The van der Waals surface area contributed by atoms with Crippen LogP contribution in [0.5, 0.6) is 0 Å². The smallest absolute Gasteiger partial charge is 0.266 e. The highest BCUT2D eigenvalue weighted by Crippen LogP contribution is 2.35. The van der Waals surface area contributed by atoms with Gasteiger partial charge in [-0.1, -0.05) is 75.4 Å². The van der Waals surface area contributed by atoms with E-state index in [1.807, 2.05) is 31.2 Å². The fourth-order valence-corrected chi connectivity index (χ4v) is 3.87. The second-order valence-corrected chi connectivity index (χ2v) is 7.47. The second kappa shape index (κ2) is 7.94. The summed E-state index contributed by atoms with van der Waals surface area (Å²) in [5.74, 6) is -1.87. The van der Waals surface area contributed by atoms with Gasteiger partial charge < -0.3 is 9.90 Å². The van der Waals surface area contributed by atoms with Crippen molar-refractivity contribution in [3.05, 3.63) is 40.3 Å². The van der Waals surface area contributed by atoms with Gasteiger partial charge in [0.1, 0.15) is 4.32 Å². The number of carbonyl (C=O) groups is 2. The first-order valence-electron chi connectivity index (χ1n) is 7.95. The molecule has 4 nitrogen and oxygen atoms in total. The summed E-state index contributed by atoms with van der Waals surface area (Å²) < 4.78 is 0.269. The van der Waals surface area contributed by atoms with Crippen molar-refractivity contribution in [2.45, 2.75) is 39.7 Å². The Morgan fingerprint density at radius 3 is 2.46 bits per heavy atom. The number of thiocarbonyl (C=S) groups is 1. The van der Waals surface area contributed by atoms with Crippen molar-refractivity contribution in [2.75, 3.05) is 0 Å². The average molecular weight is 362 g/mol. The third-order valence-electron chi connectivity index (χ3n) is 4.21. The van der Waals surface area contributed by atoms with E-state index in [2.05, 4.69) is 6.92 Å². The van der Waals surface area contributed by atoms with E-state index >= 15 is 0 Å². The molecular formula is C18H20NO3S2-. The first kappa shape index (κ1) is 18.7. The van der Waals surface area contributed by atoms with Crippen molar-refractivity contribution in [3.8, 4) is 0 Å². The maximum absolute atomic E-state index is 12.7. The van der Waals surface area contributed by atoms with E-state index in [0.717, 1.165) is 23.7 Å². The number of aliphatic carboxylic acids is 1. The van der Waals surface area contributed by atoms with Crippen LogP contribution < -0.4 is 5.11 Å². The average Bonchev–Trinajstić information content (AvgIpc) is 2.83. The normalized spacial score (nSPS) is 19.0. The molecule has 1 aliphatic heterocycles. The number of rotatable bonds is 6. The number of hydrogen-bond donors (Lipinski definition) is 0. The van der Waals surface area contributed by atoms with E-state index < -0.39 is 12.0 Å². The molecule has 0 N–H and O–H groups in total. The molecule has 1 heterocycles. The SMILES string of the molecule is CCc1ccc(/C=C2\SC(=S)N([C@@H](C(=O)[O-])[C@@H](C)CC)C2=O)cc1. The van der Waals surface area contributed by atoms with Gasteiger partial charge in [0, 0.05) is 0 Å². The van der Waals surface area contributed by atoms with Crippen LogP contribution in [-0.2, 0) is 16.0 Å². The number of aryl methyl sites for hydroxylation is 1. The highest BCUT2D eigenvalue weighted by atomic mass is 32.2. The summed E-state index contributed by atoms with van der Waals surface area (Å²) >= 11 is 6.39. The van der Waals surface area contributed by atoms with Crippen molar-refractivity contribution in [1.29, 1.82) is 0 Å². The van der Waals surface area contributed by atoms with Crippen LogP contribution in [0.4, 0.5) is 0 Å². The van der Waals surface area contributed by atoms with Gasteiger partial charge in [-0.3, -0.25) is 9.69 Å². The number of benzene rings is 1. The quantitative estimate of drug-likeness (QED) is 0.575. The Hall–Kier alpha value is -1.66. The monoisotopic (exact) mass is 362 g/mol. The number of carboxylic acid groups (broad SMARTS) is 1. The number of nitrogens with zero attached hydrogens (tertiary/aromatic N) is 1. The summed E-state index contributed by atoms with van der Waals surface area (Å²) in [7, 11) is 0. The molecule has 1 fully saturated rings. The molecule has 1 aliphatic rings. The maximum atomic E-state index is 12.7. The van der Waals surface area contributed by atoms with Crippen LogP contribution in [0.15, 0.2) is 29.2 Å². The molecule has 0 aliphatic carbocycles. The Kier molecular flexibility index (Phi) is 6.18. The first-order valence-corrected chi connectivity index (χ1v) is 9.18. The summed E-state index contributed by atoms with van der Waals surface area (Å²) in [6, 6.07) is 6.87. The topological polar surface area (TPSA) is 60.4 Å². The van der Waals surface area contributed by atoms with E-state index in [9.17, 15) is 14.7 Å². The summed E-state index contributed by atoms with van der Waals surface area (Å²) in [5, 5.41) is 11.5. The molecule has 2 atom stereocenters. The molecule has 1 aromatic rings. The second-order valence-electron chi connectivity index (χ2n) is 5.80. The molecule has 24 heavy (non-hydrogen) atoms. The number of hydrogen-bond acceptors (Lipinski definition) is 5. The van der Waals surface area contributed by atoms with Crippen molar-refractivity contribution >= 4 is 46.3 Å². The number of carbonyl (C=O) groups excluding carboxylic acids is 2. The Balaban J connectivity index is 2.29. The van der Waals surface area contributed by atoms with Crippen LogP contribution in [0.25, 0.3) is 6.08 Å². The first-order chi connectivity index (χ1) is 11.4. The lowest BCUT2D eigenvalue weighted by molar-refractivity contribution is -0.311. The zero-order valence-electron chi connectivity index (χ0n) is 13.9. The van der Waals surface area contributed by atoms with Gasteiger partial charge in [-0.2, -0.15) is 0 Å². The molecule has 0 spiro atoms. The summed E-state index contributed by atoms with van der Waals surface area (Å²) in [6.07, 6.45) is 3.32. The van der Waals surface area contributed by atoms with Gasteiger partial charge in [-0.05, 0) is 29.5 Å². The summed E-state index contributed by atoms with van der Waals surface area (Å²) in [4.78, 5) is 25.8. The molecule has 2 rings (SSSR count). The Bertz CT molecular complexity index is 682. The lowest BCUT2D eigenvalue weighted by Gasteiger charge is -2.32. The number of thioether (sulfide) groups is 1. The van der Waals surface area contributed by atoms with E-state index in [4.69, 9.17) is 12.2 Å². The molecule has 6 heteroatoms. The Labute approximate surface area is 151 Å². The molecule has 1 aromatic carbocycles. The predicted molar refractivity (Wildman–Crippen MR) is 99.1 cm³/mol. The van der Waals surface area contributed by atoms with E-state index in [0.29, 0.717) is 11.3 Å². The minimum absolute atomic E-state index is 0.235. The minimum Gasteiger partial charge on any atom is -0.548 e. The van der Waals surface area contributed by atoms with E-state index in [1.165, 1.54) is 10.5 Å². The maximum Gasteiger partial charge on any atom is 0.266 e. The van der Waals surface area contributed by atoms with E-state index in [1.54, 1.807) is 13.0 Å². The van der Waals surface area contributed by atoms with Crippen LogP contribution >= 0.6 is 24.0 Å². The zero-order chi connectivity index (χ0) is 17.9. The molecule has 0 bridgehead atoms. The molecule has 1 amide bonds. The van der Waals surface area contributed by atoms with Crippen LogP contribution in [0.3, 0.4) is 0 Å². The third kappa shape index (κ3) is 3.87. The minimum atomic E-state index is -1.27. The molecule has 0 aromatic heterocycles. The van der Waals surface area contributed by atoms with E-state index in [-0.39, 0.29) is 16.1 Å². The standard InChI is InChI=1S/C18H21NO3S2/c1-4-11(3)15(17(21)22)19-16(20)14(24-18(19)23)10-13-8-6-12(5-2)7-9-13/h6-11,15H,4-5H2,1-3H3,(H,21,22)/p-1/b14-10-/t11-,15+/m0/s1. The lowest BCUT2D eigenvalue weighted by atomic mass is 9.98. The van der Waals surface area contributed by atoms with Crippen LogP contribution in [0.2, 0.25) is 0 Å². The highest BCUT2D eigenvalue weighted by molar-refractivity contribution is 8.26. The van der Waals surface area contributed by atoms with Crippen molar-refractivity contribution in [2.24, 2.45) is 5.92 Å². The highest BCUT2D eigenvalue weighted by Gasteiger charge is 2.39. The van der Waals surface area contributed by atoms with Crippen molar-refractivity contribution < 1.29 is 14.7 Å². The molecule has 128 valence electrons. The van der Waals surface area contributed by atoms with Gasteiger partial charge in [-0.25, -0.2) is 0 Å². The van der Waals surface area contributed by atoms with Gasteiger partial charge in [-0.15, -0.1) is 0 Å². The third-order valence-corrected chi connectivity index (χ3v) is 5.54. The molecule has 0 saturated carbocycles. The van der Waals surface area contributed by atoms with Crippen LogP contribution in [-0.4, -0.2) is 27.1 Å². The molecule has 0 unspecified atom stereocenters. The van der Waals surface area contributed by atoms with Crippen molar-refractivity contribution in [3.63, 3.8) is 0 Å². The van der Waals surface area contributed by atoms with Gasteiger partial charge in [0.2, 0.25) is 0 Å². The summed E-state index contributed by atoms with van der Waals surface area (Å²) in [5.41, 5.74) is 2.11. The van der Waals surface area contributed by atoms with Gasteiger partial charge in [0.25, 0.3) is 5.91 Å². The predicted octanol–water partition coefficient (Wildman–Crippen LogP) is 2.61. The lowest BCUT2D eigenvalue weighted by Crippen LogP contribution is -2.53. The van der Waals surface area contributed by atoms with Crippen LogP contribution in [0, 0.1) is 5.92 Å². The number of amides is 1. The Morgan fingerprint density at radius 2 is 1.96 bits per heavy atom. The molecular weight excluding hydrogens is 342 g/mol. The largest absolute Gasteiger partial charge is 0.548 e. The number of carboxylic acids is 1. The van der Waals surface area contributed by atoms with Crippen LogP contribution in [0.1, 0.15) is 38.3 Å². The zero-order valence-corrected chi connectivity index (χ0v) is 15.6. The summed E-state index contributed by atoms with van der Waals surface area (Å²) in [6.45, 7) is 5.74. The fraction of sp³-hybridized carbons (Fsp3) is 0.389. The molecule has 1 saturated heterocycles. The van der Waals surface area contributed by atoms with Gasteiger partial charge >= 0.3 is 0 Å². The van der Waals surface area contributed by atoms with Crippen molar-refractivity contribution in [1.82, 2.24) is 4.90 Å². The molecule has 0 radical (unpaired) electrons. The Morgan fingerprint density at radius 1 is 1.33 bits per heavy atom.